The Morgan fingerprint density at radius 2 is 2.17 bits per heavy atom. The largest absolute Gasteiger partial charge is 0.411 e. The van der Waals surface area contributed by atoms with E-state index in [2.05, 4.69) is 10.1 Å². The molecule has 1 unspecified atom stereocenters. The summed E-state index contributed by atoms with van der Waals surface area (Å²) >= 11 is 0. The van der Waals surface area contributed by atoms with Crippen LogP contribution in [0.4, 0.5) is 0 Å². The first-order chi connectivity index (χ1) is 5.90. The fraction of sp³-hybridized carbons (Fsp3) is 0.889. The van der Waals surface area contributed by atoms with Crippen molar-refractivity contribution < 1.29 is 5.21 Å². The Labute approximate surface area is 73.1 Å². The van der Waals surface area contributed by atoms with Gasteiger partial charge in [-0.25, -0.2) is 0 Å². The number of hydrogen-bond donors (Lipinski definition) is 1. The van der Waals surface area contributed by atoms with Crippen molar-refractivity contribution in [3.05, 3.63) is 0 Å². The Bertz CT molecular complexity index is 173. The van der Waals surface area contributed by atoms with Gasteiger partial charge >= 0.3 is 0 Å². The number of nitrogens with zero attached hydrogens (tertiary/aromatic N) is 2. The van der Waals surface area contributed by atoms with Gasteiger partial charge in [0, 0.05) is 12.8 Å². The number of rotatable bonds is 2. The van der Waals surface area contributed by atoms with Gasteiger partial charge < -0.3 is 10.1 Å². The number of piperidine rings is 3. The molecule has 0 amide bonds. The van der Waals surface area contributed by atoms with Crippen LogP contribution in [0.25, 0.3) is 0 Å². The zero-order chi connectivity index (χ0) is 8.39. The van der Waals surface area contributed by atoms with Crippen molar-refractivity contribution in [2.45, 2.75) is 19.3 Å². The standard InChI is InChI=1S/C9H16N2O/c12-10-4-1-9-7-11-5-2-8(9)3-6-11/h4,8-9,12H,1-3,5-7H2. The lowest BCUT2D eigenvalue weighted by atomic mass is 9.78. The molecule has 0 saturated carbocycles. The fourth-order valence-corrected chi connectivity index (χ4v) is 2.54. The molecular formula is C9H16N2O. The second-order valence-corrected chi connectivity index (χ2v) is 3.93. The van der Waals surface area contributed by atoms with Crippen LogP contribution >= 0.6 is 0 Å². The summed E-state index contributed by atoms with van der Waals surface area (Å²) in [6.45, 7) is 3.80. The van der Waals surface area contributed by atoms with Gasteiger partial charge in [0.2, 0.25) is 0 Å². The highest BCUT2D eigenvalue weighted by Gasteiger charge is 2.33. The van der Waals surface area contributed by atoms with Crippen molar-refractivity contribution in [2.75, 3.05) is 19.6 Å². The van der Waals surface area contributed by atoms with Gasteiger partial charge in [-0.15, -0.1) is 5.16 Å². The number of hydrogen-bond acceptors (Lipinski definition) is 3. The molecule has 3 heteroatoms. The molecule has 0 spiro atoms. The van der Waals surface area contributed by atoms with E-state index < -0.39 is 0 Å². The minimum absolute atomic E-state index is 0.753. The third kappa shape index (κ3) is 1.46. The van der Waals surface area contributed by atoms with E-state index in [1.165, 1.54) is 32.5 Å². The molecule has 2 bridgehead atoms. The average molecular weight is 168 g/mol. The van der Waals surface area contributed by atoms with Crippen LogP contribution in [-0.4, -0.2) is 36.0 Å². The van der Waals surface area contributed by atoms with Gasteiger partial charge in [0.15, 0.2) is 0 Å². The first-order valence-corrected chi connectivity index (χ1v) is 4.78. The van der Waals surface area contributed by atoms with Crippen LogP contribution in [0.3, 0.4) is 0 Å². The lowest BCUT2D eigenvalue weighted by Crippen LogP contribution is -2.47. The molecule has 3 nitrogen and oxygen atoms in total. The molecule has 3 aliphatic heterocycles. The molecule has 1 N–H and O–H groups in total. The van der Waals surface area contributed by atoms with Crippen molar-refractivity contribution >= 4 is 6.21 Å². The second kappa shape index (κ2) is 3.44. The van der Waals surface area contributed by atoms with E-state index in [0.29, 0.717) is 0 Å². The topological polar surface area (TPSA) is 35.8 Å². The lowest BCUT2D eigenvalue weighted by Gasteiger charge is -2.44. The van der Waals surface area contributed by atoms with Crippen molar-refractivity contribution in [3.63, 3.8) is 0 Å². The molecule has 3 saturated heterocycles. The van der Waals surface area contributed by atoms with Crippen LogP contribution in [0.2, 0.25) is 0 Å². The highest BCUT2D eigenvalue weighted by molar-refractivity contribution is 5.56. The van der Waals surface area contributed by atoms with Gasteiger partial charge in [-0.2, -0.15) is 0 Å². The minimum Gasteiger partial charge on any atom is -0.411 e. The summed E-state index contributed by atoms with van der Waals surface area (Å²) < 4.78 is 0. The molecule has 0 aromatic heterocycles. The average Bonchev–Trinajstić information content (AvgIpc) is 2.17. The Balaban J connectivity index is 1.90. The van der Waals surface area contributed by atoms with Crippen LogP contribution in [-0.2, 0) is 0 Å². The summed E-state index contributed by atoms with van der Waals surface area (Å²) in [5.74, 6) is 1.65. The summed E-state index contributed by atoms with van der Waals surface area (Å²) in [6, 6.07) is 0. The highest BCUT2D eigenvalue weighted by atomic mass is 16.4. The van der Waals surface area contributed by atoms with E-state index >= 15 is 0 Å². The van der Waals surface area contributed by atoms with Gasteiger partial charge in [0.05, 0.1) is 0 Å². The molecule has 0 aromatic rings. The highest BCUT2D eigenvalue weighted by Crippen LogP contribution is 2.33. The normalized spacial score (nSPS) is 40.8. The molecule has 12 heavy (non-hydrogen) atoms. The SMILES string of the molecule is ON=CCC1CN2CCC1CC2. The maximum atomic E-state index is 8.32. The molecule has 3 rings (SSSR count). The van der Waals surface area contributed by atoms with Crippen LogP contribution in [0, 0.1) is 11.8 Å². The smallest absolute Gasteiger partial charge is 0.0439 e. The Morgan fingerprint density at radius 1 is 1.42 bits per heavy atom. The Hall–Kier alpha value is -0.570. The predicted octanol–water partition coefficient (Wildman–Crippen LogP) is 1.18. The number of fused-ring (bicyclic) bond motifs is 3. The monoisotopic (exact) mass is 168 g/mol. The fourth-order valence-electron chi connectivity index (χ4n) is 2.54. The minimum atomic E-state index is 0.753. The Kier molecular flexibility index (Phi) is 2.30. The van der Waals surface area contributed by atoms with E-state index in [1.54, 1.807) is 6.21 Å². The molecule has 3 aliphatic rings. The first kappa shape index (κ1) is 8.05. The van der Waals surface area contributed by atoms with Crippen LogP contribution in [0.15, 0.2) is 5.16 Å². The molecule has 0 aliphatic carbocycles. The van der Waals surface area contributed by atoms with Crippen LogP contribution in [0.5, 0.6) is 0 Å². The zero-order valence-electron chi connectivity index (χ0n) is 7.32. The summed E-state index contributed by atoms with van der Waals surface area (Å²) in [7, 11) is 0. The quantitative estimate of drug-likeness (QED) is 0.382. The molecule has 68 valence electrons. The van der Waals surface area contributed by atoms with E-state index in [0.717, 1.165) is 18.3 Å². The van der Waals surface area contributed by atoms with E-state index in [4.69, 9.17) is 5.21 Å². The predicted molar refractivity (Wildman–Crippen MR) is 47.5 cm³/mol. The maximum Gasteiger partial charge on any atom is 0.0439 e. The number of oxime groups is 1. The van der Waals surface area contributed by atoms with E-state index in [-0.39, 0.29) is 0 Å². The van der Waals surface area contributed by atoms with Gasteiger partial charge in [0.25, 0.3) is 0 Å². The summed E-state index contributed by atoms with van der Waals surface area (Å²) in [5.41, 5.74) is 0. The summed E-state index contributed by atoms with van der Waals surface area (Å²) in [4.78, 5) is 2.52. The van der Waals surface area contributed by atoms with Gasteiger partial charge in [-0.3, -0.25) is 0 Å². The third-order valence-electron chi connectivity index (χ3n) is 3.28. The summed E-state index contributed by atoms with van der Waals surface area (Å²) in [6.07, 6.45) is 5.30. The Morgan fingerprint density at radius 3 is 2.67 bits per heavy atom. The molecule has 1 atom stereocenters. The third-order valence-corrected chi connectivity index (χ3v) is 3.28. The van der Waals surface area contributed by atoms with E-state index in [1.807, 2.05) is 0 Å². The van der Waals surface area contributed by atoms with Crippen LogP contribution < -0.4 is 0 Å². The lowest BCUT2D eigenvalue weighted by molar-refractivity contribution is 0.0549. The van der Waals surface area contributed by atoms with Gasteiger partial charge in [-0.05, 0) is 44.2 Å². The molecule has 0 radical (unpaired) electrons. The molecular weight excluding hydrogens is 152 g/mol. The second-order valence-electron chi connectivity index (χ2n) is 3.93. The molecule has 3 fully saturated rings. The van der Waals surface area contributed by atoms with Gasteiger partial charge in [-0.1, -0.05) is 0 Å². The van der Waals surface area contributed by atoms with E-state index in [9.17, 15) is 0 Å². The van der Waals surface area contributed by atoms with Gasteiger partial charge in [0.1, 0.15) is 0 Å². The van der Waals surface area contributed by atoms with Crippen molar-refractivity contribution in [2.24, 2.45) is 17.0 Å². The van der Waals surface area contributed by atoms with Crippen molar-refractivity contribution in [3.8, 4) is 0 Å². The molecule has 3 heterocycles. The zero-order valence-corrected chi connectivity index (χ0v) is 7.32. The van der Waals surface area contributed by atoms with Crippen molar-refractivity contribution in [1.82, 2.24) is 4.90 Å². The molecule has 0 aromatic carbocycles. The van der Waals surface area contributed by atoms with Crippen LogP contribution in [0.1, 0.15) is 19.3 Å². The maximum absolute atomic E-state index is 8.32. The summed E-state index contributed by atoms with van der Waals surface area (Å²) in [5, 5.41) is 11.4. The first-order valence-electron chi connectivity index (χ1n) is 4.78. The van der Waals surface area contributed by atoms with Crippen molar-refractivity contribution in [1.29, 1.82) is 0 Å².